The maximum absolute atomic E-state index is 4.16. The third-order valence-electron chi connectivity index (χ3n) is 2.13. The molecule has 2 N–H and O–H groups in total. The predicted octanol–water partition coefficient (Wildman–Crippen LogP) is 1.71. The number of rotatable bonds is 5. The second-order valence-electron chi connectivity index (χ2n) is 3.33. The minimum Gasteiger partial charge on any atom is -0.356 e. The molecule has 0 spiro atoms. The Bertz CT molecular complexity index is 311. The van der Waals surface area contributed by atoms with E-state index in [0.717, 1.165) is 24.8 Å². The van der Waals surface area contributed by atoms with Crippen LogP contribution >= 0.6 is 11.8 Å². The van der Waals surface area contributed by atoms with Gasteiger partial charge < -0.3 is 10.6 Å². The smallest absolute Gasteiger partial charge is 0.191 e. The molecule has 16 heavy (non-hydrogen) atoms. The van der Waals surface area contributed by atoms with Gasteiger partial charge in [0, 0.05) is 25.9 Å². The Labute approximate surface area is 102 Å². The molecule has 1 aromatic rings. The fraction of sp³-hybridized carbons (Fsp3) is 0.417. The lowest BCUT2D eigenvalue weighted by molar-refractivity contribution is 0.833. The van der Waals surface area contributed by atoms with E-state index in [1.165, 1.54) is 5.56 Å². The van der Waals surface area contributed by atoms with Gasteiger partial charge in [-0.2, -0.15) is 11.8 Å². The summed E-state index contributed by atoms with van der Waals surface area (Å²) >= 11 is 1.82. The number of nitrogens with zero attached hydrogens (tertiary/aromatic N) is 1. The monoisotopic (exact) mass is 237 g/mol. The first-order chi connectivity index (χ1) is 7.86. The number of guanidine groups is 1. The lowest BCUT2D eigenvalue weighted by atomic mass is 10.2. The average Bonchev–Trinajstić information content (AvgIpc) is 2.35. The van der Waals surface area contributed by atoms with Crippen molar-refractivity contribution in [2.24, 2.45) is 4.99 Å². The van der Waals surface area contributed by atoms with Gasteiger partial charge in [-0.25, -0.2) is 0 Å². The van der Waals surface area contributed by atoms with Gasteiger partial charge in [0.15, 0.2) is 5.96 Å². The quantitative estimate of drug-likeness (QED) is 0.465. The Morgan fingerprint density at radius 1 is 1.25 bits per heavy atom. The van der Waals surface area contributed by atoms with Gasteiger partial charge >= 0.3 is 0 Å². The average molecular weight is 237 g/mol. The van der Waals surface area contributed by atoms with Gasteiger partial charge in [0.25, 0.3) is 0 Å². The highest BCUT2D eigenvalue weighted by Gasteiger charge is 1.96. The number of aliphatic imine (C=N–C) groups is 1. The number of thioether (sulfide) groups is 1. The molecule has 0 aliphatic rings. The molecule has 0 atom stereocenters. The molecule has 0 radical (unpaired) electrons. The normalized spacial score (nSPS) is 11.2. The van der Waals surface area contributed by atoms with Crippen LogP contribution in [0.4, 0.5) is 0 Å². The first-order valence-corrected chi connectivity index (χ1v) is 6.73. The van der Waals surface area contributed by atoms with Gasteiger partial charge in [-0.1, -0.05) is 30.3 Å². The van der Waals surface area contributed by atoms with Crippen LogP contribution in [0.2, 0.25) is 0 Å². The van der Waals surface area contributed by atoms with E-state index in [1.807, 2.05) is 30.0 Å². The Morgan fingerprint density at radius 3 is 2.62 bits per heavy atom. The Hall–Kier alpha value is -1.16. The van der Waals surface area contributed by atoms with Crippen molar-refractivity contribution in [1.29, 1.82) is 0 Å². The van der Waals surface area contributed by atoms with Gasteiger partial charge in [-0.15, -0.1) is 0 Å². The van der Waals surface area contributed by atoms with Gasteiger partial charge in [-0.3, -0.25) is 4.99 Å². The summed E-state index contributed by atoms with van der Waals surface area (Å²) in [6.45, 7) is 1.75. The summed E-state index contributed by atoms with van der Waals surface area (Å²) < 4.78 is 0. The minimum atomic E-state index is 0.805. The molecule has 4 heteroatoms. The van der Waals surface area contributed by atoms with Gasteiger partial charge in [0.1, 0.15) is 0 Å². The zero-order valence-electron chi connectivity index (χ0n) is 9.86. The maximum atomic E-state index is 4.16. The van der Waals surface area contributed by atoms with Gasteiger partial charge in [0.05, 0.1) is 0 Å². The van der Waals surface area contributed by atoms with Crippen LogP contribution in [0.25, 0.3) is 0 Å². The molecule has 0 fully saturated rings. The van der Waals surface area contributed by atoms with Crippen molar-refractivity contribution in [3.63, 3.8) is 0 Å². The van der Waals surface area contributed by atoms with Crippen LogP contribution in [0.15, 0.2) is 35.3 Å². The number of benzene rings is 1. The molecule has 0 aliphatic carbocycles. The highest BCUT2D eigenvalue weighted by atomic mass is 32.2. The summed E-state index contributed by atoms with van der Waals surface area (Å²) in [5.41, 5.74) is 1.26. The van der Waals surface area contributed by atoms with Crippen LogP contribution in [0, 0.1) is 0 Å². The van der Waals surface area contributed by atoms with Crippen LogP contribution in [-0.2, 0) is 6.54 Å². The second kappa shape index (κ2) is 8.05. The van der Waals surface area contributed by atoms with E-state index in [-0.39, 0.29) is 0 Å². The molecular formula is C12H19N3S. The number of nitrogens with one attached hydrogen (secondary N) is 2. The van der Waals surface area contributed by atoms with Crippen LogP contribution in [0.1, 0.15) is 5.56 Å². The predicted molar refractivity (Wildman–Crippen MR) is 73.0 cm³/mol. The molecule has 1 aromatic carbocycles. The zero-order chi connectivity index (χ0) is 11.6. The van der Waals surface area contributed by atoms with E-state index in [4.69, 9.17) is 0 Å². The molecule has 0 saturated heterocycles. The van der Waals surface area contributed by atoms with E-state index < -0.39 is 0 Å². The number of hydrogen-bond donors (Lipinski definition) is 2. The SMILES string of the molecule is CN=C(NCCSC)NCc1ccccc1. The second-order valence-corrected chi connectivity index (χ2v) is 4.32. The summed E-state index contributed by atoms with van der Waals surface area (Å²) in [6, 6.07) is 10.3. The van der Waals surface area contributed by atoms with Crippen molar-refractivity contribution in [2.45, 2.75) is 6.54 Å². The molecule has 0 amide bonds. The van der Waals surface area contributed by atoms with Crippen molar-refractivity contribution in [3.8, 4) is 0 Å². The largest absolute Gasteiger partial charge is 0.356 e. The van der Waals surface area contributed by atoms with Crippen molar-refractivity contribution in [3.05, 3.63) is 35.9 Å². The molecule has 0 aliphatic heterocycles. The van der Waals surface area contributed by atoms with Gasteiger partial charge in [0.2, 0.25) is 0 Å². The van der Waals surface area contributed by atoms with Crippen LogP contribution in [-0.4, -0.2) is 31.6 Å². The van der Waals surface area contributed by atoms with Crippen molar-refractivity contribution < 1.29 is 0 Å². The lowest BCUT2D eigenvalue weighted by Crippen LogP contribution is -2.37. The molecule has 1 rings (SSSR count). The van der Waals surface area contributed by atoms with Crippen molar-refractivity contribution >= 4 is 17.7 Å². The van der Waals surface area contributed by atoms with E-state index in [0.29, 0.717) is 0 Å². The third-order valence-corrected chi connectivity index (χ3v) is 2.74. The highest BCUT2D eigenvalue weighted by molar-refractivity contribution is 7.98. The molecular weight excluding hydrogens is 218 g/mol. The fourth-order valence-corrected chi connectivity index (χ4v) is 1.58. The van der Waals surface area contributed by atoms with E-state index in [1.54, 1.807) is 7.05 Å². The summed E-state index contributed by atoms with van der Waals surface area (Å²) in [4.78, 5) is 4.16. The molecule has 0 heterocycles. The molecule has 0 unspecified atom stereocenters. The van der Waals surface area contributed by atoms with Crippen molar-refractivity contribution in [2.75, 3.05) is 25.6 Å². The van der Waals surface area contributed by atoms with Crippen molar-refractivity contribution in [1.82, 2.24) is 10.6 Å². The summed E-state index contributed by atoms with van der Waals surface area (Å²) in [7, 11) is 1.79. The minimum absolute atomic E-state index is 0.805. The summed E-state index contributed by atoms with van der Waals surface area (Å²) in [5, 5.41) is 6.53. The van der Waals surface area contributed by atoms with E-state index >= 15 is 0 Å². The standard InChI is InChI=1S/C12H19N3S/c1-13-12(14-8-9-16-2)15-10-11-6-4-3-5-7-11/h3-7H,8-10H2,1-2H3,(H2,13,14,15). The van der Waals surface area contributed by atoms with Crippen LogP contribution in [0.5, 0.6) is 0 Å². The van der Waals surface area contributed by atoms with Gasteiger partial charge in [-0.05, 0) is 11.8 Å². The van der Waals surface area contributed by atoms with Crippen LogP contribution in [0.3, 0.4) is 0 Å². The zero-order valence-corrected chi connectivity index (χ0v) is 10.7. The Morgan fingerprint density at radius 2 is 2.00 bits per heavy atom. The Balaban J connectivity index is 2.29. The highest BCUT2D eigenvalue weighted by Crippen LogP contribution is 1.96. The van der Waals surface area contributed by atoms with Crippen LogP contribution < -0.4 is 10.6 Å². The molecule has 0 bridgehead atoms. The summed E-state index contributed by atoms with van der Waals surface area (Å²) in [6.07, 6.45) is 2.10. The fourth-order valence-electron chi connectivity index (χ4n) is 1.27. The first kappa shape index (κ1) is 12.9. The summed E-state index contributed by atoms with van der Waals surface area (Å²) in [5.74, 6) is 1.95. The number of hydrogen-bond acceptors (Lipinski definition) is 2. The molecule has 0 aromatic heterocycles. The molecule has 3 nitrogen and oxygen atoms in total. The lowest BCUT2D eigenvalue weighted by Gasteiger charge is -2.11. The Kier molecular flexibility index (Phi) is 6.49. The third kappa shape index (κ3) is 5.07. The molecule has 0 saturated carbocycles. The van der Waals surface area contributed by atoms with E-state index in [2.05, 4.69) is 34.0 Å². The molecule has 88 valence electrons. The topological polar surface area (TPSA) is 36.4 Å². The maximum Gasteiger partial charge on any atom is 0.191 e. The first-order valence-electron chi connectivity index (χ1n) is 5.34. The van der Waals surface area contributed by atoms with E-state index in [9.17, 15) is 0 Å².